The largest absolute Gasteiger partial charge is 0.497 e. The summed E-state index contributed by atoms with van der Waals surface area (Å²) in [5.74, 6) is 1.87. The van der Waals surface area contributed by atoms with Crippen molar-refractivity contribution in [3.8, 4) is 11.5 Å². The van der Waals surface area contributed by atoms with Crippen LogP contribution < -0.4 is 19.7 Å². The van der Waals surface area contributed by atoms with Crippen LogP contribution in [0.5, 0.6) is 11.5 Å². The summed E-state index contributed by atoms with van der Waals surface area (Å²) in [5, 5.41) is 3.47. The first kappa shape index (κ1) is 29.6. The highest BCUT2D eigenvalue weighted by Crippen LogP contribution is 2.35. The molecule has 2 aliphatic rings. The van der Waals surface area contributed by atoms with E-state index in [1.165, 1.54) is 0 Å². The lowest BCUT2D eigenvalue weighted by atomic mass is 9.84. The van der Waals surface area contributed by atoms with Gasteiger partial charge in [-0.2, -0.15) is 0 Å². The van der Waals surface area contributed by atoms with E-state index in [4.69, 9.17) is 18.9 Å². The minimum atomic E-state index is -3.26. The summed E-state index contributed by atoms with van der Waals surface area (Å²) in [4.78, 5) is 2.35. The molecule has 9 heteroatoms. The van der Waals surface area contributed by atoms with Crippen molar-refractivity contribution in [1.82, 2.24) is 5.32 Å². The lowest BCUT2D eigenvalue weighted by Gasteiger charge is -2.38. The van der Waals surface area contributed by atoms with Gasteiger partial charge in [0.05, 0.1) is 42.6 Å². The third-order valence-corrected chi connectivity index (χ3v) is 10.4. The predicted octanol–water partition coefficient (Wildman–Crippen LogP) is 4.17. The topological polar surface area (TPSA) is 86.3 Å². The number of rotatable bonds is 11. The number of nitrogens with one attached hydrogen (secondary N) is 1. The van der Waals surface area contributed by atoms with E-state index in [-0.39, 0.29) is 23.8 Å². The fourth-order valence-electron chi connectivity index (χ4n) is 5.23. The van der Waals surface area contributed by atoms with Crippen LogP contribution in [-0.2, 0) is 25.9 Å². The average Bonchev–Trinajstić information content (AvgIpc) is 2.92. The molecule has 0 radical (unpaired) electrons. The number of hydrogen-bond acceptors (Lipinski definition) is 8. The van der Waals surface area contributed by atoms with Crippen LogP contribution in [-0.4, -0.2) is 78.1 Å². The van der Waals surface area contributed by atoms with Gasteiger partial charge in [0.25, 0.3) is 0 Å². The molecule has 4 rings (SSSR count). The molecule has 2 heterocycles. The van der Waals surface area contributed by atoms with Crippen LogP contribution in [0.3, 0.4) is 0 Å². The van der Waals surface area contributed by atoms with Gasteiger partial charge in [0.1, 0.15) is 18.1 Å². The van der Waals surface area contributed by atoms with Crippen molar-refractivity contribution in [2.24, 2.45) is 0 Å². The number of sulfone groups is 1. The molecular weight excluding hydrogens is 516 g/mol. The number of benzene rings is 2. The molecular formula is C30H44N2O6S. The Morgan fingerprint density at radius 2 is 1.87 bits per heavy atom. The molecule has 0 aliphatic carbocycles. The average molecular weight is 561 g/mol. The van der Waals surface area contributed by atoms with Crippen LogP contribution >= 0.6 is 0 Å². The molecule has 2 aromatic rings. The second kappa shape index (κ2) is 12.9. The molecule has 2 aromatic carbocycles. The number of anilines is 1. The van der Waals surface area contributed by atoms with Gasteiger partial charge >= 0.3 is 0 Å². The number of ether oxygens (including phenoxy) is 4. The van der Waals surface area contributed by atoms with Gasteiger partial charge in [-0.1, -0.05) is 18.2 Å². The van der Waals surface area contributed by atoms with E-state index in [2.05, 4.69) is 34.5 Å². The molecule has 216 valence electrons. The van der Waals surface area contributed by atoms with Crippen molar-refractivity contribution in [3.05, 3.63) is 53.6 Å². The third-order valence-electron chi connectivity index (χ3n) is 7.72. The molecule has 1 unspecified atom stereocenters. The highest BCUT2D eigenvalue weighted by atomic mass is 32.2. The number of hydrogen-bond donors (Lipinski definition) is 1. The normalized spacial score (nSPS) is 21.8. The van der Waals surface area contributed by atoms with E-state index in [0.29, 0.717) is 26.2 Å². The van der Waals surface area contributed by atoms with Crippen molar-refractivity contribution in [1.29, 1.82) is 0 Å². The van der Waals surface area contributed by atoms with E-state index in [1.54, 1.807) is 35.0 Å². The maximum Gasteiger partial charge on any atom is 0.156 e. The Hall–Kier alpha value is -2.33. The molecule has 1 fully saturated rings. The Kier molecular flexibility index (Phi) is 9.80. The maximum atomic E-state index is 13.0. The van der Waals surface area contributed by atoms with Crippen LogP contribution in [0.4, 0.5) is 5.69 Å². The second-order valence-corrected chi connectivity index (χ2v) is 14.2. The van der Waals surface area contributed by atoms with Crippen molar-refractivity contribution < 1.29 is 27.4 Å². The van der Waals surface area contributed by atoms with Crippen molar-refractivity contribution in [3.63, 3.8) is 0 Å². The van der Waals surface area contributed by atoms with Gasteiger partial charge in [-0.3, -0.25) is 0 Å². The van der Waals surface area contributed by atoms with Gasteiger partial charge in [-0.05, 0) is 69.0 Å². The summed E-state index contributed by atoms with van der Waals surface area (Å²) in [6, 6.07) is 14.2. The molecule has 39 heavy (non-hydrogen) atoms. The van der Waals surface area contributed by atoms with Crippen LogP contribution in [0.2, 0.25) is 0 Å². The van der Waals surface area contributed by atoms with Gasteiger partial charge in [0.15, 0.2) is 9.84 Å². The minimum absolute atomic E-state index is 0.0591. The Labute approximate surface area is 233 Å². The van der Waals surface area contributed by atoms with E-state index in [0.717, 1.165) is 54.4 Å². The van der Waals surface area contributed by atoms with Gasteiger partial charge in [-0.25, -0.2) is 8.42 Å². The highest BCUT2D eigenvalue weighted by molar-refractivity contribution is 7.92. The molecule has 8 nitrogen and oxygen atoms in total. The van der Waals surface area contributed by atoms with Gasteiger partial charge in [0.2, 0.25) is 0 Å². The smallest absolute Gasteiger partial charge is 0.156 e. The maximum absolute atomic E-state index is 13.0. The Morgan fingerprint density at radius 3 is 2.56 bits per heavy atom. The third kappa shape index (κ3) is 7.45. The fraction of sp³-hybridized carbons (Fsp3) is 0.600. The van der Waals surface area contributed by atoms with Crippen molar-refractivity contribution >= 4 is 15.5 Å². The quantitative estimate of drug-likeness (QED) is 0.410. The Balaban J connectivity index is 1.48. The van der Waals surface area contributed by atoms with Gasteiger partial charge in [0, 0.05) is 38.8 Å². The van der Waals surface area contributed by atoms with Crippen molar-refractivity contribution in [2.45, 2.75) is 63.0 Å². The highest BCUT2D eigenvalue weighted by Gasteiger charge is 2.37. The molecule has 0 saturated carbocycles. The summed E-state index contributed by atoms with van der Waals surface area (Å²) < 4.78 is 48.2. The van der Waals surface area contributed by atoms with Crippen LogP contribution in [0.1, 0.15) is 50.7 Å². The van der Waals surface area contributed by atoms with E-state index < -0.39 is 14.6 Å². The zero-order valence-electron chi connectivity index (χ0n) is 23.9. The zero-order valence-corrected chi connectivity index (χ0v) is 24.8. The molecule has 0 bridgehead atoms. The van der Waals surface area contributed by atoms with Crippen LogP contribution in [0.25, 0.3) is 0 Å². The lowest BCUT2D eigenvalue weighted by Crippen LogP contribution is -2.51. The minimum Gasteiger partial charge on any atom is -0.497 e. The first-order chi connectivity index (χ1) is 18.6. The SMILES string of the molecule is COCCCN1CCOc2ccc(CO[C@H]3CNC(CS(=O)(=O)C(C)(C)C)C[C@@H]3c3ccc(OC)cc3)cc21. The first-order valence-corrected chi connectivity index (χ1v) is 15.5. The number of nitrogens with zero attached hydrogens (tertiary/aromatic N) is 1. The van der Waals surface area contributed by atoms with Crippen LogP contribution in [0, 0.1) is 0 Å². The summed E-state index contributed by atoms with van der Waals surface area (Å²) in [5.41, 5.74) is 3.31. The zero-order chi connectivity index (χ0) is 28.0. The lowest BCUT2D eigenvalue weighted by molar-refractivity contribution is 0.00438. The van der Waals surface area contributed by atoms with Gasteiger partial charge in [-0.15, -0.1) is 0 Å². The monoisotopic (exact) mass is 560 g/mol. The molecule has 3 atom stereocenters. The first-order valence-electron chi connectivity index (χ1n) is 13.8. The molecule has 2 aliphatic heterocycles. The number of fused-ring (bicyclic) bond motifs is 1. The van der Waals surface area contributed by atoms with Crippen molar-refractivity contribution in [2.75, 3.05) is 57.7 Å². The summed E-state index contributed by atoms with van der Waals surface area (Å²) in [6.07, 6.45) is 1.54. The number of piperidine rings is 1. The van der Waals surface area contributed by atoms with E-state index in [1.807, 2.05) is 18.2 Å². The Morgan fingerprint density at radius 1 is 1.10 bits per heavy atom. The van der Waals surface area contributed by atoms with E-state index in [9.17, 15) is 8.42 Å². The summed E-state index contributed by atoms with van der Waals surface area (Å²) in [6.45, 7) is 9.52. The number of methoxy groups -OCH3 is 2. The van der Waals surface area contributed by atoms with Gasteiger partial charge < -0.3 is 29.2 Å². The molecule has 1 saturated heterocycles. The molecule has 0 spiro atoms. The second-order valence-electron chi connectivity index (χ2n) is 11.4. The Bertz CT molecular complexity index is 1180. The molecule has 0 aromatic heterocycles. The predicted molar refractivity (Wildman–Crippen MR) is 155 cm³/mol. The fourth-order valence-corrected chi connectivity index (χ4v) is 6.51. The van der Waals surface area contributed by atoms with E-state index >= 15 is 0 Å². The molecule has 1 N–H and O–H groups in total. The van der Waals surface area contributed by atoms with Crippen LogP contribution in [0.15, 0.2) is 42.5 Å². The summed E-state index contributed by atoms with van der Waals surface area (Å²) >= 11 is 0. The summed E-state index contributed by atoms with van der Waals surface area (Å²) in [7, 11) is 0.127. The molecule has 0 amide bonds. The standard InChI is InChI=1S/C30H44N2O6S/c1-30(2,3)39(33,34)21-24-18-26(23-8-10-25(36-5)11-9-23)29(19-31-24)38-20-22-7-12-28-27(17-22)32(14-16-37-28)13-6-15-35-4/h7-12,17,24,26,29,31H,6,13-16,18-21H2,1-5H3/t24?,26-,29+/m1/s1.